The molecular weight excluding hydrogens is 554 g/mol. The molecule has 0 N–H and O–H groups in total. The monoisotopic (exact) mass is 580 g/mol. The van der Waals surface area contributed by atoms with E-state index in [1.54, 1.807) is 48.5 Å². The molecule has 6 rings (SSSR count). The predicted octanol–water partition coefficient (Wildman–Crippen LogP) is 6.17. The van der Waals surface area contributed by atoms with Crippen LogP contribution >= 0.6 is 0 Å². The second kappa shape index (κ2) is 12.0. The average Bonchev–Trinajstić information content (AvgIpc) is 3.68. The summed E-state index contributed by atoms with van der Waals surface area (Å²) in [5.74, 6) is -0.468. The summed E-state index contributed by atoms with van der Waals surface area (Å²) in [5.41, 5.74) is 3.91. The van der Waals surface area contributed by atoms with Gasteiger partial charge in [-0.2, -0.15) is 5.26 Å². The lowest BCUT2D eigenvalue weighted by molar-refractivity contribution is 0.0601. The van der Waals surface area contributed by atoms with Crippen LogP contribution in [-0.4, -0.2) is 40.8 Å². The number of pyridine rings is 1. The van der Waals surface area contributed by atoms with Crippen LogP contribution in [0.1, 0.15) is 45.3 Å². The van der Waals surface area contributed by atoms with Gasteiger partial charge in [-0.05, 0) is 54.4 Å². The molecule has 0 aliphatic carbocycles. The normalized spacial score (nSPS) is 14.5. The molecule has 0 saturated carbocycles. The van der Waals surface area contributed by atoms with Gasteiger partial charge in [-0.1, -0.05) is 24.3 Å². The third-order valence-electron chi connectivity index (χ3n) is 7.43. The molecule has 1 fully saturated rings. The topological polar surface area (TPSA) is 99.3 Å². The molecule has 0 amide bonds. The molecule has 0 bridgehead atoms. The zero-order valence-corrected chi connectivity index (χ0v) is 23.2. The number of halogens is 2. The van der Waals surface area contributed by atoms with Crippen LogP contribution in [0.15, 0.2) is 72.8 Å². The van der Waals surface area contributed by atoms with E-state index >= 15 is 4.39 Å². The number of rotatable bonds is 8. The maximum absolute atomic E-state index is 15.5. The van der Waals surface area contributed by atoms with Gasteiger partial charge in [-0.25, -0.2) is 23.5 Å². The van der Waals surface area contributed by atoms with Gasteiger partial charge < -0.3 is 18.8 Å². The van der Waals surface area contributed by atoms with Crippen LogP contribution in [-0.2, 0) is 22.5 Å². The number of methoxy groups -OCH3 is 1. The highest BCUT2D eigenvalue weighted by Crippen LogP contribution is 2.30. The van der Waals surface area contributed by atoms with Crippen molar-refractivity contribution >= 4 is 17.0 Å². The number of ether oxygens (including phenoxy) is 3. The van der Waals surface area contributed by atoms with Crippen LogP contribution < -0.4 is 4.74 Å². The first-order chi connectivity index (χ1) is 20.9. The van der Waals surface area contributed by atoms with E-state index in [2.05, 4.69) is 4.98 Å². The van der Waals surface area contributed by atoms with Gasteiger partial charge in [0, 0.05) is 30.2 Å². The van der Waals surface area contributed by atoms with E-state index in [9.17, 15) is 9.18 Å². The van der Waals surface area contributed by atoms with Crippen molar-refractivity contribution in [1.82, 2.24) is 14.5 Å². The van der Waals surface area contributed by atoms with Gasteiger partial charge in [-0.15, -0.1) is 0 Å². The Balaban J connectivity index is 1.24. The Morgan fingerprint density at radius 3 is 2.63 bits per heavy atom. The maximum Gasteiger partial charge on any atom is 0.337 e. The van der Waals surface area contributed by atoms with Crippen molar-refractivity contribution in [3.05, 3.63) is 113 Å². The molecule has 0 spiro atoms. The molecule has 2 aromatic heterocycles. The number of hydrogen-bond donors (Lipinski definition) is 0. The van der Waals surface area contributed by atoms with E-state index in [0.717, 1.165) is 18.0 Å². The number of hydrogen-bond acceptors (Lipinski definition) is 7. The summed E-state index contributed by atoms with van der Waals surface area (Å²) in [6, 6.07) is 21.3. The fourth-order valence-electron chi connectivity index (χ4n) is 5.21. The molecule has 5 aromatic rings. The SMILES string of the molecule is COC(=O)c1ccc2nc(Cc3ccc(-c4cccc(OCc5ccc(C#N)cc5F)n4)cc3F)n([C@@H]3CCOC3)c2c1. The maximum atomic E-state index is 15.5. The third kappa shape index (κ3) is 5.80. The van der Waals surface area contributed by atoms with Gasteiger partial charge in [0.05, 0.1) is 53.7 Å². The molecule has 1 atom stereocenters. The van der Waals surface area contributed by atoms with Crippen molar-refractivity contribution in [2.45, 2.75) is 25.5 Å². The summed E-state index contributed by atoms with van der Waals surface area (Å²) >= 11 is 0. The minimum atomic E-state index is -0.536. The first-order valence-corrected chi connectivity index (χ1v) is 13.7. The Bertz CT molecular complexity index is 1880. The number of carbonyl (C=O) groups is 1. The van der Waals surface area contributed by atoms with Gasteiger partial charge in [-0.3, -0.25) is 0 Å². The van der Waals surface area contributed by atoms with Crippen LogP contribution in [0.5, 0.6) is 5.88 Å². The van der Waals surface area contributed by atoms with E-state index in [-0.39, 0.29) is 30.5 Å². The highest BCUT2D eigenvalue weighted by atomic mass is 19.1. The predicted molar refractivity (Wildman–Crippen MR) is 153 cm³/mol. The van der Waals surface area contributed by atoms with Gasteiger partial charge in [0.1, 0.15) is 24.1 Å². The summed E-state index contributed by atoms with van der Waals surface area (Å²) in [5, 5.41) is 8.92. The minimum Gasteiger partial charge on any atom is -0.473 e. The second-order valence-electron chi connectivity index (χ2n) is 10.2. The smallest absolute Gasteiger partial charge is 0.337 e. The lowest BCUT2D eigenvalue weighted by Gasteiger charge is -2.16. The van der Waals surface area contributed by atoms with Crippen LogP contribution in [0.2, 0.25) is 0 Å². The summed E-state index contributed by atoms with van der Waals surface area (Å²) < 4.78 is 48.0. The minimum absolute atomic E-state index is 0.0138. The summed E-state index contributed by atoms with van der Waals surface area (Å²) in [4.78, 5) is 21.4. The first kappa shape index (κ1) is 28.0. The summed E-state index contributed by atoms with van der Waals surface area (Å²) in [6.07, 6.45) is 1.02. The summed E-state index contributed by atoms with van der Waals surface area (Å²) in [7, 11) is 1.34. The number of esters is 1. The van der Waals surface area contributed by atoms with Crippen LogP contribution in [0.25, 0.3) is 22.3 Å². The van der Waals surface area contributed by atoms with Crippen molar-refractivity contribution < 1.29 is 27.8 Å². The van der Waals surface area contributed by atoms with Crippen LogP contribution in [0.4, 0.5) is 8.78 Å². The lowest BCUT2D eigenvalue weighted by Crippen LogP contribution is -2.13. The second-order valence-corrected chi connectivity index (χ2v) is 10.2. The van der Waals surface area contributed by atoms with E-state index in [1.165, 1.54) is 25.3 Å². The molecule has 10 heteroatoms. The van der Waals surface area contributed by atoms with E-state index < -0.39 is 17.6 Å². The molecule has 216 valence electrons. The molecule has 1 saturated heterocycles. The highest BCUT2D eigenvalue weighted by molar-refractivity contribution is 5.93. The van der Waals surface area contributed by atoms with Gasteiger partial charge in [0.2, 0.25) is 5.88 Å². The number of imidazole rings is 1. The largest absolute Gasteiger partial charge is 0.473 e. The Hall–Kier alpha value is -5.14. The number of aromatic nitrogens is 3. The molecule has 0 unspecified atom stereocenters. The lowest BCUT2D eigenvalue weighted by atomic mass is 10.0. The molecule has 1 aliphatic rings. The summed E-state index contributed by atoms with van der Waals surface area (Å²) in [6.45, 7) is 1.04. The number of carbonyl (C=O) groups excluding carboxylic acids is 1. The first-order valence-electron chi connectivity index (χ1n) is 13.7. The van der Waals surface area contributed by atoms with Crippen LogP contribution in [0.3, 0.4) is 0 Å². The molecule has 3 heterocycles. The number of nitrogens with zero attached hydrogens (tertiary/aromatic N) is 4. The van der Waals surface area contributed by atoms with Crippen molar-refractivity contribution in [3.8, 4) is 23.2 Å². The highest BCUT2D eigenvalue weighted by Gasteiger charge is 2.25. The van der Waals surface area contributed by atoms with Crippen LogP contribution in [0, 0.1) is 23.0 Å². The molecule has 0 radical (unpaired) electrons. The fraction of sp³-hybridized carbons (Fsp3) is 0.212. The molecule has 3 aromatic carbocycles. The molecule has 1 aliphatic heterocycles. The zero-order valence-electron chi connectivity index (χ0n) is 23.2. The van der Waals surface area contributed by atoms with Crippen molar-refractivity contribution in [3.63, 3.8) is 0 Å². The van der Waals surface area contributed by atoms with E-state index in [1.807, 2.05) is 10.6 Å². The third-order valence-corrected chi connectivity index (χ3v) is 7.43. The molecular formula is C33H26F2N4O4. The number of fused-ring (bicyclic) bond motifs is 1. The Kier molecular flexibility index (Phi) is 7.81. The zero-order chi connectivity index (χ0) is 29.9. The van der Waals surface area contributed by atoms with Gasteiger partial charge in [0.25, 0.3) is 0 Å². The standard InChI is InChI=1S/C33H26F2N4O4/c1-41-33(40)23-9-10-29-30(15-23)39(25-11-12-42-19-25)31(37-29)16-21-7-8-22(14-27(21)35)28-3-2-4-32(38-28)43-18-24-6-5-20(17-36)13-26(24)34/h2-10,13-15,25H,11-12,16,18-19H2,1H3/t25-/m1/s1. The Labute approximate surface area is 246 Å². The van der Waals surface area contributed by atoms with Crippen molar-refractivity contribution in [1.29, 1.82) is 5.26 Å². The molecule has 43 heavy (non-hydrogen) atoms. The fourth-order valence-corrected chi connectivity index (χ4v) is 5.21. The van der Waals surface area contributed by atoms with Gasteiger partial charge in [0.15, 0.2) is 0 Å². The van der Waals surface area contributed by atoms with Crippen molar-refractivity contribution in [2.75, 3.05) is 20.3 Å². The van der Waals surface area contributed by atoms with E-state index in [0.29, 0.717) is 52.5 Å². The molecule has 8 nitrogen and oxygen atoms in total. The van der Waals surface area contributed by atoms with Crippen molar-refractivity contribution in [2.24, 2.45) is 0 Å². The van der Waals surface area contributed by atoms with Gasteiger partial charge >= 0.3 is 5.97 Å². The van der Waals surface area contributed by atoms with E-state index in [4.69, 9.17) is 24.5 Å². The Morgan fingerprint density at radius 2 is 1.88 bits per heavy atom. The number of benzene rings is 3. The Morgan fingerprint density at radius 1 is 1.05 bits per heavy atom. The quantitative estimate of drug-likeness (QED) is 0.203. The number of nitriles is 1. The average molecular weight is 581 g/mol.